The molecule has 2 heterocycles. The number of sulfonamides is 1. The first-order valence-electron chi connectivity index (χ1n) is 9.83. The molecule has 0 spiro atoms. The quantitative estimate of drug-likeness (QED) is 0.708. The minimum atomic E-state index is -3.82. The van der Waals surface area contributed by atoms with Gasteiger partial charge in [0.2, 0.25) is 21.8 Å². The molecule has 0 radical (unpaired) electrons. The van der Waals surface area contributed by atoms with E-state index >= 15 is 0 Å². The number of hydrogen-bond acceptors (Lipinski definition) is 7. The van der Waals surface area contributed by atoms with Crippen LogP contribution in [0, 0.1) is 5.92 Å². The van der Waals surface area contributed by atoms with Crippen molar-refractivity contribution in [3.63, 3.8) is 0 Å². The maximum atomic E-state index is 13.2. The van der Waals surface area contributed by atoms with E-state index in [1.165, 1.54) is 10.4 Å². The van der Waals surface area contributed by atoms with E-state index in [-0.39, 0.29) is 23.3 Å². The van der Waals surface area contributed by atoms with Crippen LogP contribution in [0.3, 0.4) is 0 Å². The zero-order chi connectivity index (χ0) is 22.1. The molecule has 1 aliphatic rings. The molecule has 1 fully saturated rings. The Morgan fingerprint density at radius 3 is 2.70 bits per heavy atom. The van der Waals surface area contributed by atoms with Crippen LogP contribution in [0.1, 0.15) is 40.5 Å². The minimum Gasteiger partial charge on any atom is -0.350 e. The zero-order valence-electron chi connectivity index (χ0n) is 17.5. The van der Waals surface area contributed by atoms with E-state index in [9.17, 15) is 18.0 Å². The number of fused-ring (bicyclic) bond motifs is 1. The van der Waals surface area contributed by atoms with Crippen molar-refractivity contribution in [2.75, 3.05) is 13.1 Å². The summed E-state index contributed by atoms with van der Waals surface area (Å²) < 4.78 is 36.0. The summed E-state index contributed by atoms with van der Waals surface area (Å²) in [6.07, 6.45) is 1.12. The fourth-order valence-corrected chi connectivity index (χ4v) is 5.65. The molecular formula is C19H27N5O4S2. The summed E-state index contributed by atoms with van der Waals surface area (Å²) in [5.74, 6) is -1.12. The smallest absolute Gasteiger partial charge is 0.245 e. The number of nitrogens with one attached hydrogen (secondary N) is 2. The van der Waals surface area contributed by atoms with E-state index in [2.05, 4.69) is 19.4 Å². The number of rotatable bonds is 5. The zero-order valence-corrected chi connectivity index (χ0v) is 19.1. The molecule has 0 unspecified atom stereocenters. The third kappa shape index (κ3) is 4.96. The van der Waals surface area contributed by atoms with Crippen molar-refractivity contribution in [2.45, 2.75) is 57.0 Å². The molecule has 2 amide bonds. The minimum absolute atomic E-state index is 0.0652. The van der Waals surface area contributed by atoms with E-state index in [0.29, 0.717) is 30.4 Å². The molecule has 11 heteroatoms. The van der Waals surface area contributed by atoms with Crippen LogP contribution in [0.5, 0.6) is 0 Å². The fraction of sp³-hybridized carbons (Fsp3) is 0.579. The van der Waals surface area contributed by atoms with E-state index in [1.54, 1.807) is 19.1 Å². The van der Waals surface area contributed by atoms with E-state index < -0.39 is 27.5 Å². The van der Waals surface area contributed by atoms with Gasteiger partial charge in [-0.15, -0.1) is 0 Å². The fourth-order valence-electron chi connectivity index (χ4n) is 3.38. The molecular weight excluding hydrogens is 426 g/mol. The highest BCUT2D eigenvalue weighted by Gasteiger charge is 2.35. The second-order valence-electron chi connectivity index (χ2n) is 8.56. The van der Waals surface area contributed by atoms with Gasteiger partial charge in [0.05, 0.1) is 17.6 Å². The molecule has 30 heavy (non-hydrogen) atoms. The number of hydrogen-bond donors (Lipinski definition) is 2. The summed E-state index contributed by atoms with van der Waals surface area (Å²) in [6, 6.07) is 4.16. The Labute approximate surface area is 180 Å². The Morgan fingerprint density at radius 2 is 2.00 bits per heavy atom. The molecule has 2 atom stereocenters. The number of amides is 2. The highest BCUT2D eigenvalue weighted by atomic mass is 32.2. The average molecular weight is 454 g/mol. The molecule has 9 nitrogen and oxygen atoms in total. The van der Waals surface area contributed by atoms with Crippen LogP contribution in [0.25, 0.3) is 11.0 Å². The second kappa shape index (κ2) is 8.56. The largest absolute Gasteiger partial charge is 0.350 e. The van der Waals surface area contributed by atoms with Gasteiger partial charge < -0.3 is 10.6 Å². The normalized spacial score (nSPS) is 19.4. The van der Waals surface area contributed by atoms with Crippen LogP contribution in [0.15, 0.2) is 23.1 Å². The summed E-state index contributed by atoms with van der Waals surface area (Å²) >= 11 is 0.964. The molecule has 2 N–H and O–H groups in total. The molecule has 0 saturated carbocycles. The van der Waals surface area contributed by atoms with Gasteiger partial charge in [0.15, 0.2) is 0 Å². The van der Waals surface area contributed by atoms with Crippen molar-refractivity contribution < 1.29 is 18.0 Å². The molecule has 1 aliphatic heterocycles. The van der Waals surface area contributed by atoms with E-state index in [1.807, 2.05) is 20.8 Å². The number of carbonyl (C=O) groups is 2. The standard InChI is InChI=1S/C19H27N5O4S2/c1-12(17(25)21-19(2,3)4)20-18(26)13-7-6-10-24(11-13)30(27,28)15-9-5-8-14-16(15)23-29-22-14/h5,8-9,12-13H,6-7,10-11H2,1-4H3,(H,20,26)(H,21,25)/t12-,13-/m0/s1. The van der Waals surface area contributed by atoms with Crippen LogP contribution in [0.4, 0.5) is 0 Å². The number of benzene rings is 1. The summed E-state index contributed by atoms with van der Waals surface area (Å²) in [5, 5.41) is 5.54. The molecule has 1 saturated heterocycles. The van der Waals surface area contributed by atoms with Gasteiger partial charge in [-0.05, 0) is 52.7 Å². The molecule has 0 bridgehead atoms. The lowest BCUT2D eigenvalue weighted by atomic mass is 9.98. The third-order valence-corrected chi connectivity index (χ3v) is 7.31. The van der Waals surface area contributed by atoms with Crippen molar-refractivity contribution in [3.05, 3.63) is 18.2 Å². The van der Waals surface area contributed by atoms with Gasteiger partial charge in [-0.25, -0.2) is 8.42 Å². The first-order valence-corrected chi connectivity index (χ1v) is 12.0. The van der Waals surface area contributed by atoms with Crippen molar-refractivity contribution in [1.82, 2.24) is 23.7 Å². The Morgan fingerprint density at radius 1 is 1.27 bits per heavy atom. The lowest BCUT2D eigenvalue weighted by Crippen LogP contribution is -2.53. The van der Waals surface area contributed by atoms with Gasteiger partial charge in [0.25, 0.3) is 0 Å². The van der Waals surface area contributed by atoms with Crippen molar-refractivity contribution in [1.29, 1.82) is 0 Å². The predicted molar refractivity (Wildman–Crippen MR) is 114 cm³/mol. The summed E-state index contributed by atoms with van der Waals surface area (Å²) in [5.41, 5.74) is 0.477. The molecule has 0 aliphatic carbocycles. The van der Waals surface area contributed by atoms with Gasteiger partial charge in [-0.1, -0.05) is 6.07 Å². The second-order valence-corrected chi connectivity index (χ2v) is 11.0. The monoisotopic (exact) mass is 453 g/mol. The highest BCUT2D eigenvalue weighted by molar-refractivity contribution is 7.89. The molecule has 1 aromatic carbocycles. The first-order chi connectivity index (χ1) is 14.0. The molecule has 164 valence electrons. The van der Waals surface area contributed by atoms with Gasteiger partial charge in [0.1, 0.15) is 22.0 Å². The Hall–Kier alpha value is -2.11. The Bertz CT molecular complexity index is 1040. The maximum Gasteiger partial charge on any atom is 0.245 e. The van der Waals surface area contributed by atoms with Crippen molar-refractivity contribution >= 4 is 44.6 Å². The van der Waals surface area contributed by atoms with E-state index in [4.69, 9.17) is 0 Å². The van der Waals surface area contributed by atoms with Crippen LogP contribution in [-0.4, -0.2) is 58.0 Å². The van der Waals surface area contributed by atoms with Crippen molar-refractivity contribution in [2.24, 2.45) is 5.92 Å². The lowest BCUT2D eigenvalue weighted by molar-refractivity contribution is -0.132. The third-order valence-electron chi connectivity index (χ3n) is 4.87. The summed E-state index contributed by atoms with van der Waals surface area (Å²) in [4.78, 5) is 25.1. The first kappa shape index (κ1) is 22.6. The average Bonchev–Trinajstić information content (AvgIpc) is 3.15. The Balaban J connectivity index is 1.71. The number of carbonyl (C=O) groups excluding carboxylic acids is 2. The van der Waals surface area contributed by atoms with E-state index in [0.717, 1.165) is 11.7 Å². The topological polar surface area (TPSA) is 121 Å². The molecule has 2 aromatic rings. The highest BCUT2D eigenvalue weighted by Crippen LogP contribution is 2.28. The predicted octanol–water partition coefficient (Wildman–Crippen LogP) is 1.51. The molecule has 3 rings (SSSR count). The van der Waals surface area contributed by atoms with Crippen LogP contribution >= 0.6 is 11.7 Å². The van der Waals surface area contributed by atoms with Gasteiger partial charge >= 0.3 is 0 Å². The Kier molecular flexibility index (Phi) is 6.44. The van der Waals surface area contributed by atoms with Crippen molar-refractivity contribution in [3.8, 4) is 0 Å². The lowest BCUT2D eigenvalue weighted by Gasteiger charge is -2.32. The molecule has 1 aromatic heterocycles. The van der Waals surface area contributed by atoms with Crippen LogP contribution in [0.2, 0.25) is 0 Å². The van der Waals surface area contributed by atoms with Crippen LogP contribution in [-0.2, 0) is 19.6 Å². The summed E-state index contributed by atoms with van der Waals surface area (Å²) in [6.45, 7) is 7.60. The number of aromatic nitrogens is 2. The van der Waals surface area contributed by atoms with Gasteiger partial charge in [-0.3, -0.25) is 9.59 Å². The summed E-state index contributed by atoms with van der Waals surface area (Å²) in [7, 11) is -3.82. The van der Waals surface area contributed by atoms with Gasteiger partial charge in [-0.2, -0.15) is 13.1 Å². The number of piperidine rings is 1. The van der Waals surface area contributed by atoms with Crippen LogP contribution < -0.4 is 10.6 Å². The number of nitrogens with zero attached hydrogens (tertiary/aromatic N) is 3. The maximum absolute atomic E-state index is 13.2. The van der Waals surface area contributed by atoms with Gasteiger partial charge in [0, 0.05) is 18.6 Å². The SMILES string of the molecule is C[C@H](NC(=O)[C@H]1CCCN(S(=O)(=O)c2cccc3nsnc23)C1)C(=O)NC(C)(C)C.